The summed E-state index contributed by atoms with van der Waals surface area (Å²) in [5.74, 6) is 0. The summed E-state index contributed by atoms with van der Waals surface area (Å²) in [6.07, 6.45) is 1.85. The number of halogens is 1. The van der Waals surface area contributed by atoms with Crippen molar-refractivity contribution in [2.45, 2.75) is 26.8 Å². The number of nitrogens with zero attached hydrogens (tertiary/aromatic N) is 2. The minimum absolute atomic E-state index is 0.159. The van der Waals surface area contributed by atoms with Crippen molar-refractivity contribution in [2.75, 3.05) is 6.54 Å². The van der Waals surface area contributed by atoms with Crippen LogP contribution in [0.15, 0.2) is 28.9 Å². The molecule has 0 amide bonds. The van der Waals surface area contributed by atoms with Crippen molar-refractivity contribution < 1.29 is 0 Å². The fraction of sp³-hybridized carbons (Fsp3) is 0.400. The summed E-state index contributed by atoms with van der Waals surface area (Å²) >= 11 is 3.60. The Hall–Kier alpha value is -1.13. The van der Waals surface area contributed by atoms with Gasteiger partial charge in [-0.15, -0.1) is 0 Å². The lowest BCUT2D eigenvalue weighted by molar-refractivity contribution is 0.568. The van der Waals surface area contributed by atoms with Crippen molar-refractivity contribution in [3.05, 3.63) is 51.3 Å². The fourth-order valence-electron chi connectivity index (χ4n) is 2.39. The van der Waals surface area contributed by atoms with E-state index in [-0.39, 0.29) is 6.04 Å². The smallest absolute Gasteiger partial charge is 0.0762 e. The molecule has 19 heavy (non-hydrogen) atoms. The van der Waals surface area contributed by atoms with Crippen molar-refractivity contribution in [1.29, 1.82) is 0 Å². The Balaban J connectivity index is 2.55. The zero-order valence-electron chi connectivity index (χ0n) is 11.9. The molecule has 0 spiro atoms. The number of hydrogen-bond acceptors (Lipinski definition) is 2. The predicted molar refractivity (Wildman–Crippen MR) is 82.3 cm³/mol. The molecule has 2 aromatic rings. The van der Waals surface area contributed by atoms with E-state index in [9.17, 15) is 0 Å². The molecule has 0 radical (unpaired) electrons. The molecular weight excluding hydrogens is 302 g/mol. The molecule has 0 saturated carbocycles. The third-order valence-electron chi connectivity index (χ3n) is 3.58. The maximum Gasteiger partial charge on any atom is 0.0762 e. The van der Waals surface area contributed by atoms with E-state index in [4.69, 9.17) is 0 Å². The van der Waals surface area contributed by atoms with Crippen LogP contribution < -0.4 is 5.32 Å². The van der Waals surface area contributed by atoms with Crippen LogP contribution in [-0.4, -0.2) is 16.3 Å². The molecule has 1 aromatic heterocycles. The molecule has 2 rings (SSSR count). The highest BCUT2D eigenvalue weighted by Gasteiger charge is 2.21. The highest BCUT2D eigenvalue weighted by molar-refractivity contribution is 9.10. The van der Waals surface area contributed by atoms with Gasteiger partial charge in [-0.1, -0.05) is 25.1 Å². The summed E-state index contributed by atoms with van der Waals surface area (Å²) < 4.78 is 2.97. The summed E-state index contributed by atoms with van der Waals surface area (Å²) in [6, 6.07) is 6.62. The zero-order chi connectivity index (χ0) is 14.0. The van der Waals surface area contributed by atoms with Gasteiger partial charge in [0.25, 0.3) is 0 Å². The average Bonchev–Trinajstić information content (AvgIpc) is 2.70. The summed E-state index contributed by atoms with van der Waals surface area (Å²) in [5, 5.41) is 7.89. The molecule has 1 unspecified atom stereocenters. The van der Waals surface area contributed by atoms with Gasteiger partial charge in [-0.3, -0.25) is 4.68 Å². The number of rotatable bonds is 4. The van der Waals surface area contributed by atoms with Gasteiger partial charge in [0, 0.05) is 7.05 Å². The molecule has 102 valence electrons. The van der Waals surface area contributed by atoms with Crippen molar-refractivity contribution in [3.8, 4) is 0 Å². The second kappa shape index (κ2) is 5.88. The van der Waals surface area contributed by atoms with Gasteiger partial charge in [0.1, 0.15) is 0 Å². The second-order valence-electron chi connectivity index (χ2n) is 4.78. The predicted octanol–water partition coefficient (Wildman–Crippen LogP) is 3.50. The van der Waals surface area contributed by atoms with Crippen LogP contribution >= 0.6 is 15.9 Å². The lowest BCUT2D eigenvalue weighted by Crippen LogP contribution is -2.25. The van der Waals surface area contributed by atoms with Crippen LogP contribution in [0.5, 0.6) is 0 Å². The topological polar surface area (TPSA) is 29.9 Å². The van der Waals surface area contributed by atoms with Crippen molar-refractivity contribution in [2.24, 2.45) is 7.05 Å². The average molecular weight is 322 g/mol. The third-order valence-corrected chi connectivity index (χ3v) is 4.19. The van der Waals surface area contributed by atoms with Gasteiger partial charge in [-0.2, -0.15) is 5.10 Å². The van der Waals surface area contributed by atoms with E-state index in [0.717, 1.165) is 16.7 Å². The normalized spacial score (nSPS) is 12.7. The Labute approximate surface area is 123 Å². The maximum absolute atomic E-state index is 4.33. The maximum atomic E-state index is 4.33. The van der Waals surface area contributed by atoms with Crippen molar-refractivity contribution in [1.82, 2.24) is 15.1 Å². The Morgan fingerprint density at radius 2 is 2.11 bits per heavy atom. The zero-order valence-corrected chi connectivity index (χ0v) is 13.5. The molecule has 1 atom stereocenters. The van der Waals surface area contributed by atoms with E-state index in [2.05, 4.69) is 65.3 Å². The number of benzene rings is 1. The molecule has 1 N–H and O–H groups in total. The highest BCUT2D eigenvalue weighted by atomic mass is 79.9. The molecule has 0 aliphatic heterocycles. The Kier molecular flexibility index (Phi) is 4.42. The minimum atomic E-state index is 0.159. The molecule has 0 bridgehead atoms. The molecule has 0 fully saturated rings. The minimum Gasteiger partial charge on any atom is -0.305 e. The molecule has 1 heterocycles. The summed E-state index contributed by atoms with van der Waals surface area (Å²) in [7, 11) is 1.98. The molecule has 4 heteroatoms. The number of aromatic nitrogens is 2. The Bertz CT molecular complexity index is 555. The van der Waals surface area contributed by atoms with Crippen LogP contribution in [0.2, 0.25) is 0 Å². The van der Waals surface area contributed by atoms with Crippen molar-refractivity contribution >= 4 is 15.9 Å². The second-order valence-corrected chi connectivity index (χ2v) is 5.64. The molecule has 0 aliphatic carbocycles. The summed E-state index contributed by atoms with van der Waals surface area (Å²) in [6.45, 7) is 7.37. The molecular formula is C15H20BrN3. The first-order valence-corrected chi connectivity index (χ1v) is 7.32. The van der Waals surface area contributed by atoms with E-state index in [1.807, 2.05) is 17.9 Å². The number of nitrogens with one attached hydrogen (secondary N) is 1. The quantitative estimate of drug-likeness (QED) is 0.934. The third kappa shape index (κ3) is 2.74. The van der Waals surface area contributed by atoms with Crippen LogP contribution in [-0.2, 0) is 7.05 Å². The summed E-state index contributed by atoms with van der Waals surface area (Å²) in [5.41, 5.74) is 5.13. The van der Waals surface area contributed by atoms with Crippen LogP contribution in [0.4, 0.5) is 0 Å². The largest absolute Gasteiger partial charge is 0.305 e. The van der Waals surface area contributed by atoms with Gasteiger partial charge in [-0.25, -0.2) is 0 Å². The number of hydrogen-bond donors (Lipinski definition) is 1. The lowest BCUT2D eigenvalue weighted by Gasteiger charge is -2.22. The lowest BCUT2D eigenvalue weighted by atomic mass is 9.95. The van der Waals surface area contributed by atoms with Gasteiger partial charge in [-0.05, 0) is 53.0 Å². The monoisotopic (exact) mass is 321 g/mol. The fourth-order valence-corrected chi connectivity index (χ4v) is 2.97. The molecule has 0 saturated heterocycles. The van der Waals surface area contributed by atoms with Gasteiger partial charge in [0.15, 0.2) is 0 Å². The van der Waals surface area contributed by atoms with Gasteiger partial charge in [0.2, 0.25) is 0 Å². The van der Waals surface area contributed by atoms with E-state index in [1.165, 1.54) is 16.7 Å². The van der Waals surface area contributed by atoms with Gasteiger partial charge >= 0.3 is 0 Å². The molecule has 1 aromatic carbocycles. The van der Waals surface area contributed by atoms with E-state index < -0.39 is 0 Å². The van der Waals surface area contributed by atoms with Gasteiger partial charge in [0.05, 0.1) is 22.4 Å². The first-order valence-electron chi connectivity index (χ1n) is 6.53. The van der Waals surface area contributed by atoms with Gasteiger partial charge < -0.3 is 5.32 Å². The molecule has 0 aliphatic rings. The summed E-state index contributed by atoms with van der Waals surface area (Å²) in [4.78, 5) is 0. The molecule has 3 nitrogen and oxygen atoms in total. The van der Waals surface area contributed by atoms with Crippen LogP contribution in [0.1, 0.15) is 35.3 Å². The standard InChI is InChI=1S/C15H20BrN3/c1-5-17-14(15-13(16)9-18-19(15)4)12-8-6-7-10(2)11(12)3/h6-9,14,17H,5H2,1-4H3. The van der Waals surface area contributed by atoms with E-state index >= 15 is 0 Å². The highest BCUT2D eigenvalue weighted by Crippen LogP contribution is 2.30. The van der Waals surface area contributed by atoms with E-state index in [0.29, 0.717) is 0 Å². The van der Waals surface area contributed by atoms with Crippen molar-refractivity contribution in [3.63, 3.8) is 0 Å². The first-order chi connectivity index (χ1) is 9.06. The van der Waals surface area contributed by atoms with Crippen LogP contribution in [0.3, 0.4) is 0 Å². The SMILES string of the molecule is CCNC(c1cccc(C)c1C)c1c(Br)cnn1C. The van der Waals surface area contributed by atoms with Crippen LogP contribution in [0, 0.1) is 13.8 Å². The Morgan fingerprint density at radius 1 is 1.37 bits per heavy atom. The number of aryl methyl sites for hydroxylation is 2. The first kappa shape index (κ1) is 14.3. The Morgan fingerprint density at radius 3 is 2.68 bits per heavy atom. The van der Waals surface area contributed by atoms with E-state index in [1.54, 1.807) is 0 Å². The van der Waals surface area contributed by atoms with Crippen LogP contribution in [0.25, 0.3) is 0 Å².